The summed E-state index contributed by atoms with van der Waals surface area (Å²) in [6, 6.07) is 10.5. The molecule has 1 heterocycles. The fourth-order valence-corrected chi connectivity index (χ4v) is 2.76. The summed E-state index contributed by atoms with van der Waals surface area (Å²) in [6.07, 6.45) is 0. The highest BCUT2D eigenvalue weighted by molar-refractivity contribution is 6.09. The van der Waals surface area contributed by atoms with Crippen LogP contribution in [0.4, 0.5) is 0 Å². The molecule has 104 valence electrons. The van der Waals surface area contributed by atoms with E-state index in [1.807, 2.05) is 12.1 Å². The first kappa shape index (κ1) is 12.9. The summed E-state index contributed by atoms with van der Waals surface area (Å²) in [7, 11) is 3.32. The SMILES string of the molecule is COc1cc2[nH]c3c(C(C)C)cccc3c2cc1OC. The van der Waals surface area contributed by atoms with E-state index in [1.165, 1.54) is 21.9 Å². The van der Waals surface area contributed by atoms with Crippen LogP contribution in [0.2, 0.25) is 0 Å². The van der Waals surface area contributed by atoms with Crippen LogP contribution in [0.1, 0.15) is 25.3 Å². The van der Waals surface area contributed by atoms with Gasteiger partial charge in [-0.2, -0.15) is 0 Å². The van der Waals surface area contributed by atoms with Crippen molar-refractivity contribution < 1.29 is 9.47 Å². The van der Waals surface area contributed by atoms with Gasteiger partial charge in [0, 0.05) is 22.4 Å². The summed E-state index contributed by atoms with van der Waals surface area (Å²) >= 11 is 0. The van der Waals surface area contributed by atoms with Gasteiger partial charge in [0.15, 0.2) is 11.5 Å². The molecule has 0 unspecified atom stereocenters. The minimum atomic E-state index is 0.482. The van der Waals surface area contributed by atoms with E-state index < -0.39 is 0 Å². The van der Waals surface area contributed by atoms with Gasteiger partial charge in [-0.15, -0.1) is 0 Å². The van der Waals surface area contributed by atoms with E-state index in [-0.39, 0.29) is 0 Å². The molecule has 0 amide bonds. The smallest absolute Gasteiger partial charge is 0.162 e. The maximum absolute atomic E-state index is 5.40. The number of H-pyrrole nitrogens is 1. The Bertz CT molecular complexity index is 771. The van der Waals surface area contributed by atoms with Crippen molar-refractivity contribution in [3.05, 3.63) is 35.9 Å². The molecular weight excluding hydrogens is 250 g/mol. The molecular formula is C17H19NO2. The quantitative estimate of drug-likeness (QED) is 0.761. The van der Waals surface area contributed by atoms with Crippen LogP contribution in [0.3, 0.4) is 0 Å². The molecule has 0 aliphatic rings. The molecule has 0 fully saturated rings. The summed E-state index contributed by atoms with van der Waals surface area (Å²) in [6.45, 7) is 4.42. The van der Waals surface area contributed by atoms with E-state index in [2.05, 4.69) is 37.0 Å². The van der Waals surface area contributed by atoms with Crippen molar-refractivity contribution >= 4 is 21.8 Å². The second-order valence-corrected chi connectivity index (χ2v) is 5.30. The Morgan fingerprint density at radius 3 is 2.30 bits per heavy atom. The van der Waals surface area contributed by atoms with Gasteiger partial charge in [0.2, 0.25) is 0 Å². The van der Waals surface area contributed by atoms with Gasteiger partial charge >= 0.3 is 0 Å². The Balaban J connectivity index is 2.39. The summed E-state index contributed by atoms with van der Waals surface area (Å²) in [5.41, 5.74) is 3.61. The van der Waals surface area contributed by atoms with Crippen LogP contribution >= 0.6 is 0 Å². The highest BCUT2D eigenvalue weighted by Gasteiger charge is 2.13. The van der Waals surface area contributed by atoms with Crippen molar-refractivity contribution in [2.75, 3.05) is 14.2 Å². The van der Waals surface area contributed by atoms with E-state index in [0.29, 0.717) is 5.92 Å². The van der Waals surface area contributed by atoms with Gasteiger partial charge in [-0.1, -0.05) is 32.0 Å². The maximum Gasteiger partial charge on any atom is 0.162 e. The standard InChI is InChI=1S/C17H19NO2/c1-10(2)11-6-5-7-12-13-8-15(19-3)16(20-4)9-14(13)18-17(11)12/h5-10,18H,1-4H3. The topological polar surface area (TPSA) is 34.2 Å². The third kappa shape index (κ3) is 1.82. The van der Waals surface area contributed by atoms with Crippen molar-refractivity contribution in [1.29, 1.82) is 0 Å². The monoisotopic (exact) mass is 269 g/mol. The lowest BCUT2D eigenvalue weighted by Gasteiger charge is -2.07. The molecule has 0 bridgehead atoms. The van der Waals surface area contributed by atoms with Crippen LogP contribution in [0.5, 0.6) is 11.5 Å². The first-order valence-corrected chi connectivity index (χ1v) is 6.82. The Kier molecular flexibility index (Phi) is 3.05. The van der Waals surface area contributed by atoms with E-state index in [1.54, 1.807) is 14.2 Å². The molecule has 0 radical (unpaired) electrons. The zero-order valence-corrected chi connectivity index (χ0v) is 12.3. The molecule has 2 aromatic carbocycles. The van der Waals surface area contributed by atoms with E-state index in [9.17, 15) is 0 Å². The molecule has 0 aliphatic heterocycles. The molecule has 1 aromatic heterocycles. The molecule has 1 N–H and O–H groups in total. The molecule has 0 saturated heterocycles. The van der Waals surface area contributed by atoms with Gasteiger partial charge in [-0.05, 0) is 17.5 Å². The minimum Gasteiger partial charge on any atom is -0.493 e. The van der Waals surface area contributed by atoms with Crippen LogP contribution in [-0.2, 0) is 0 Å². The van der Waals surface area contributed by atoms with Crippen molar-refractivity contribution in [2.24, 2.45) is 0 Å². The van der Waals surface area contributed by atoms with Crippen molar-refractivity contribution in [2.45, 2.75) is 19.8 Å². The lowest BCUT2D eigenvalue weighted by atomic mass is 10.00. The number of ether oxygens (including phenoxy) is 2. The van der Waals surface area contributed by atoms with Crippen LogP contribution < -0.4 is 9.47 Å². The van der Waals surface area contributed by atoms with Crippen molar-refractivity contribution in [3.63, 3.8) is 0 Å². The van der Waals surface area contributed by atoms with Crippen LogP contribution in [0.25, 0.3) is 21.8 Å². The largest absolute Gasteiger partial charge is 0.493 e. The molecule has 20 heavy (non-hydrogen) atoms. The first-order valence-electron chi connectivity index (χ1n) is 6.82. The molecule has 3 rings (SSSR count). The van der Waals surface area contributed by atoms with E-state index in [0.717, 1.165) is 17.0 Å². The first-order chi connectivity index (χ1) is 9.65. The summed E-state index contributed by atoms with van der Waals surface area (Å²) in [5, 5.41) is 2.40. The van der Waals surface area contributed by atoms with Crippen LogP contribution in [-0.4, -0.2) is 19.2 Å². The lowest BCUT2D eigenvalue weighted by Crippen LogP contribution is -1.89. The van der Waals surface area contributed by atoms with Crippen molar-refractivity contribution in [1.82, 2.24) is 4.98 Å². The van der Waals surface area contributed by atoms with Crippen LogP contribution in [0.15, 0.2) is 30.3 Å². The second-order valence-electron chi connectivity index (χ2n) is 5.30. The van der Waals surface area contributed by atoms with Gasteiger partial charge in [0.1, 0.15) is 0 Å². The van der Waals surface area contributed by atoms with E-state index in [4.69, 9.17) is 9.47 Å². The summed E-state index contributed by atoms with van der Waals surface area (Å²) in [5.74, 6) is 1.99. The zero-order chi connectivity index (χ0) is 14.3. The van der Waals surface area contributed by atoms with Crippen LogP contribution in [0, 0.1) is 0 Å². The Morgan fingerprint density at radius 2 is 1.65 bits per heavy atom. The Hall–Kier alpha value is -2.16. The number of aromatic amines is 1. The zero-order valence-electron chi connectivity index (χ0n) is 12.3. The van der Waals surface area contributed by atoms with Gasteiger partial charge in [0.25, 0.3) is 0 Å². The maximum atomic E-state index is 5.40. The number of nitrogens with one attached hydrogen (secondary N) is 1. The average Bonchev–Trinajstić information content (AvgIpc) is 2.82. The highest BCUT2D eigenvalue weighted by atomic mass is 16.5. The molecule has 3 aromatic rings. The van der Waals surface area contributed by atoms with E-state index >= 15 is 0 Å². The van der Waals surface area contributed by atoms with Gasteiger partial charge < -0.3 is 14.5 Å². The fourth-order valence-electron chi connectivity index (χ4n) is 2.76. The Labute approximate surface area is 118 Å². The molecule has 0 aliphatic carbocycles. The fraction of sp³-hybridized carbons (Fsp3) is 0.294. The Morgan fingerprint density at radius 1 is 0.950 bits per heavy atom. The number of benzene rings is 2. The predicted molar refractivity (Wildman–Crippen MR) is 83.0 cm³/mol. The highest BCUT2D eigenvalue weighted by Crippen LogP contribution is 2.37. The number of fused-ring (bicyclic) bond motifs is 3. The number of aromatic nitrogens is 1. The van der Waals surface area contributed by atoms with Gasteiger partial charge in [0.05, 0.1) is 19.7 Å². The number of hydrogen-bond acceptors (Lipinski definition) is 2. The number of hydrogen-bond donors (Lipinski definition) is 1. The molecule has 0 atom stereocenters. The van der Waals surface area contributed by atoms with Gasteiger partial charge in [-0.25, -0.2) is 0 Å². The number of para-hydroxylation sites is 1. The molecule has 0 saturated carbocycles. The molecule has 0 spiro atoms. The lowest BCUT2D eigenvalue weighted by molar-refractivity contribution is 0.356. The molecule has 3 heteroatoms. The number of rotatable bonds is 3. The molecule has 3 nitrogen and oxygen atoms in total. The predicted octanol–water partition coefficient (Wildman–Crippen LogP) is 4.46. The van der Waals surface area contributed by atoms with Gasteiger partial charge in [-0.3, -0.25) is 0 Å². The average molecular weight is 269 g/mol. The summed E-state index contributed by atoms with van der Waals surface area (Å²) < 4.78 is 10.8. The van der Waals surface area contributed by atoms with Crippen molar-refractivity contribution in [3.8, 4) is 11.5 Å². The number of methoxy groups -OCH3 is 2. The minimum absolute atomic E-state index is 0.482. The second kappa shape index (κ2) is 4.75. The third-order valence-electron chi connectivity index (χ3n) is 3.79. The third-order valence-corrected chi connectivity index (χ3v) is 3.79. The summed E-state index contributed by atoms with van der Waals surface area (Å²) in [4.78, 5) is 3.52. The normalized spacial score (nSPS) is 11.4.